The van der Waals surface area contributed by atoms with E-state index in [9.17, 15) is 24.6 Å². The van der Waals surface area contributed by atoms with Crippen LogP contribution >= 0.6 is 22.6 Å². The van der Waals surface area contributed by atoms with E-state index in [1.807, 2.05) is 6.92 Å². The Hall–Kier alpha value is -1.15. The number of Topliss-reactive ketones (excluding diaryl/α,β-unsaturated/α-hetero) is 2. The lowest BCUT2D eigenvalue weighted by molar-refractivity contribution is -0.169. The Kier molecular flexibility index (Phi) is 10.9. The number of hydrogen-bond donors (Lipinski definition) is 3. The third-order valence-electron chi connectivity index (χ3n) is 7.55. The van der Waals surface area contributed by atoms with Crippen molar-refractivity contribution in [2.45, 2.75) is 88.3 Å². The number of aliphatic hydroxyl groups is 2. The molecule has 2 aliphatic rings. The monoisotopic (exact) mass is 624 g/mol. The number of rotatable bonds is 3. The van der Waals surface area contributed by atoms with Crippen molar-refractivity contribution >= 4 is 45.8 Å². The van der Waals surface area contributed by atoms with E-state index in [1.165, 1.54) is 27.9 Å². The van der Waals surface area contributed by atoms with E-state index in [-0.39, 0.29) is 12.5 Å². The number of methoxy groups -OCH3 is 1. The number of aliphatic hydroxyl groups excluding tert-OH is 1. The molecule has 2 fully saturated rings. The lowest BCUT2D eigenvalue weighted by Gasteiger charge is -2.39. The van der Waals surface area contributed by atoms with Gasteiger partial charge in [-0.3, -0.25) is 14.4 Å². The fourth-order valence-electron chi connectivity index (χ4n) is 4.84. The number of ether oxygens (including phenoxy) is 2. The van der Waals surface area contributed by atoms with E-state index in [4.69, 9.17) is 14.3 Å². The number of cyclic esters (lactones) is 1. The van der Waals surface area contributed by atoms with E-state index < -0.39 is 62.6 Å². The van der Waals surface area contributed by atoms with E-state index in [2.05, 4.69) is 10.5 Å². The summed E-state index contributed by atoms with van der Waals surface area (Å²) in [7, 11) is 1.40. The lowest BCUT2D eigenvalue weighted by atomic mass is 9.76. The molecular formula is C25H41IN2O8. The molecule has 0 aliphatic carbocycles. The fraction of sp³-hybridized carbons (Fsp3) is 0.840. The molecule has 9 atom stereocenters. The molecule has 0 aromatic rings. The van der Waals surface area contributed by atoms with Crippen LogP contribution < -0.4 is 5.32 Å². The van der Waals surface area contributed by atoms with Crippen LogP contribution in [-0.4, -0.2) is 81.2 Å². The number of oxime groups is 1. The van der Waals surface area contributed by atoms with Gasteiger partial charge >= 0.3 is 5.97 Å². The average molecular weight is 625 g/mol. The lowest BCUT2D eigenvalue weighted by Crippen LogP contribution is -2.55. The molecule has 3 N–H and O–H groups in total. The van der Waals surface area contributed by atoms with Gasteiger partial charge in [0.1, 0.15) is 23.2 Å². The van der Waals surface area contributed by atoms with Crippen molar-refractivity contribution in [3.05, 3.63) is 0 Å². The molecule has 0 amide bonds. The second-order valence-corrected chi connectivity index (χ2v) is 11.7. The minimum atomic E-state index is -1.87. The van der Waals surface area contributed by atoms with Crippen LogP contribution in [0.2, 0.25) is 0 Å². The van der Waals surface area contributed by atoms with Crippen LogP contribution in [0.25, 0.3) is 0 Å². The fourth-order valence-corrected chi connectivity index (χ4v) is 5.46. The van der Waals surface area contributed by atoms with Gasteiger partial charge in [-0.15, -0.1) is 0 Å². The summed E-state index contributed by atoms with van der Waals surface area (Å²) in [5.74, 6) is -5.44. The molecule has 0 spiro atoms. The van der Waals surface area contributed by atoms with Crippen LogP contribution in [0.3, 0.4) is 0 Å². The van der Waals surface area contributed by atoms with Crippen molar-refractivity contribution in [3.63, 3.8) is 0 Å². The second kappa shape index (κ2) is 12.6. The Morgan fingerprint density at radius 2 is 1.78 bits per heavy atom. The zero-order chi connectivity index (χ0) is 27.4. The summed E-state index contributed by atoms with van der Waals surface area (Å²) >= 11 is 1.73. The molecule has 2 aliphatic heterocycles. The molecule has 11 heteroatoms. The largest absolute Gasteiger partial charge is 0.448 e. The van der Waals surface area contributed by atoms with Crippen molar-refractivity contribution in [1.29, 1.82) is 0 Å². The molecule has 2 heterocycles. The van der Waals surface area contributed by atoms with E-state index in [1.54, 1.807) is 36.4 Å². The standard InChI is InChI=1S/C25H41IN2O8/c1-13-11-24(5,34-7)20(30)15(3)19(29)16(4)22(32)35-23(26)25(6,33)21(31)14(2)18(13)28-36-17-9-8-10-27-12-17/h13-17,21,23,27,31,33H,8-12H2,1-7H3/b28-18+/t13-,14+,15+,16-,17-,21-,23+,24-,25+/m1/s1. The van der Waals surface area contributed by atoms with Gasteiger partial charge in [-0.25, -0.2) is 0 Å². The number of halogens is 1. The number of hydrogen-bond acceptors (Lipinski definition) is 10. The maximum atomic E-state index is 13.4. The van der Waals surface area contributed by atoms with Crippen LogP contribution in [-0.2, 0) is 28.7 Å². The predicted octanol–water partition coefficient (Wildman–Crippen LogP) is 2.02. The first-order valence-electron chi connectivity index (χ1n) is 12.5. The number of nitrogens with one attached hydrogen (secondary N) is 1. The van der Waals surface area contributed by atoms with Gasteiger partial charge in [0, 0.05) is 25.5 Å². The van der Waals surface area contributed by atoms with Gasteiger partial charge in [-0.2, -0.15) is 0 Å². The Balaban J connectivity index is 2.54. The molecule has 36 heavy (non-hydrogen) atoms. The third-order valence-corrected chi connectivity index (χ3v) is 9.06. The van der Waals surface area contributed by atoms with Gasteiger partial charge in [0.25, 0.3) is 0 Å². The quantitative estimate of drug-likeness (QED) is 0.141. The van der Waals surface area contributed by atoms with Crippen molar-refractivity contribution in [2.24, 2.45) is 28.8 Å². The molecule has 0 radical (unpaired) electrons. The molecule has 0 aromatic heterocycles. The second-order valence-electron chi connectivity index (χ2n) is 10.6. The average Bonchev–Trinajstić information content (AvgIpc) is 2.86. The van der Waals surface area contributed by atoms with Crippen molar-refractivity contribution in [2.75, 3.05) is 20.2 Å². The Morgan fingerprint density at radius 3 is 2.33 bits per heavy atom. The van der Waals surface area contributed by atoms with Gasteiger partial charge < -0.3 is 29.8 Å². The maximum Gasteiger partial charge on any atom is 0.317 e. The van der Waals surface area contributed by atoms with Crippen LogP contribution in [0.5, 0.6) is 0 Å². The summed E-state index contributed by atoms with van der Waals surface area (Å²) in [4.78, 5) is 45.0. The zero-order valence-electron chi connectivity index (χ0n) is 22.2. The highest BCUT2D eigenvalue weighted by Crippen LogP contribution is 2.34. The van der Waals surface area contributed by atoms with Crippen LogP contribution in [0.1, 0.15) is 60.8 Å². The number of piperidine rings is 1. The highest BCUT2D eigenvalue weighted by molar-refractivity contribution is 14.1. The first-order valence-corrected chi connectivity index (χ1v) is 13.7. The minimum Gasteiger partial charge on any atom is -0.448 e. The van der Waals surface area contributed by atoms with E-state index >= 15 is 0 Å². The molecular weight excluding hydrogens is 583 g/mol. The Morgan fingerprint density at radius 1 is 1.14 bits per heavy atom. The van der Waals surface area contributed by atoms with Crippen molar-refractivity contribution in [3.8, 4) is 0 Å². The zero-order valence-corrected chi connectivity index (χ0v) is 24.4. The Bertz CT molecular complexity index is 844. The van der Waals surface area contributed by atoms with Crippen molar-refractivity contribution < 1.29 is 38.9 Å². The molecule has 10 nitrogen and oxygen atoms in total. The SMILES string of the molecule is CO[C@]1(C)C[C@@H](C)/C(=N\O[C@@H]2CCCNC2)[C@H](C)[C@@H](O)[C@](C)(O)[C@@H](I)OC(=O)[C@H](C)C(=O)[C@H](C)C1=O. The van der Waals surface area contributed by atoms with Crippen LogP contribution in [0.4, 0.5) is 0 Å². The molecule has 0 saturated carbocycles. The first kappa shape index (κ1) is 31.1. The van der Waals surface area contributed by atoms with Gasteiger partial charge in [-0.1, -0.05) is 19.0 Å². The summed E-state index contributed by atoms with van der Waals surface area (Å²) in [5, 5.41) is 30.1. The summed E-state index contributed by atoms with van der Waals surface area (Å²) in [6, 6.07) is 0. The predicted molar refractivity (Wildman–Crippen MR) is 142 cm³/mol. The summed E-state index contributed by atoms with van der Waals surface area (Å²) < 4.78 is 9.84. The Labute approximate surface area is 227 Å². The number of carbonyl (C=O) groups is 3. The third kappa shape index (κ3) is 6.83. The summed E-state index contributed by atoms with van der Waals surface area (Å²) in [6.45, 7) is 10.9. The highest BCUT2D eigenvalue weighted by atomic mass is 127. The number of ketones is 2. The highest BCUT2D eigenvalue weighted by Gasteiger charge is 2.48. The van der Waals surface area contributed by atoms with Gasteiger partial charge in [0.2, 0.25) is 0 Å². The first-order chi connectivity index (χ1) is 16.7. The van der Waals surface area contributed by atoms with Crippen LogP contribution in [0.15, 0.2) is 5.16 Å². The normalized spacial score (nSPS) is 43.1. The van der Waals surface area contributed by atoms with Gasteiger partial charge in [0.15, 0.2) is 15.7 Å². The number of nitrogens with zero attached hydrogens (tertiary/aromatic N) is 1. The van der Waals surface area contributed by atoms with E-state index in [0.717, 1.165) is 19.4 Å². The van der Waals surface area contributed by atoms with Crippen LogP contribution in [0, 0.1) is 23.7 Å². The number of carbonyl (C=O) groups excluding carboxylic acids is 3. The molecule has 0 unspecified atom stereocenters. The van der Waals surface area contributed by atoms with Gasteiger partial charge in [-0.05, 0) is 76.1 Å². The molecule has 0 bridgehead atoms. The topological polar surface area (TPSA) is 144 Å². The maximum absolute atomic E-state index is 13.4. The molecule has 2 rings (SSSR count). The number of alkyl halides is 1. The van der Waals surface area contributed by atoms with E-state index in [0.29, 0.717) is 12.3 Å². The number of esters is 1. The smallest absolute Gasteiger partial charge is 0.317 e. The minimum absolute atomic E-state index is 0.149. The molecule has 0 aromatic carbocycles. The summed E-state index contributed by atoms with van der Waals surface area (Å²) in [5.41, 5.74) is -2.81. The molecule has 206 valence electrons. The molecule has 2 saturated heterocycles. The summed E-state index contributed by atoms with van der Waals surface area (Å²) in [6.07, 6.45) is 0.366. The van der Waals surface area contributed by atoms with Gasteiger partial charge in [0.05, 0.1) is 17.7 Å². The van der Waals surface area contributed by atoms with Crippen molar-refractivity contribution in [1.82, 2.24) is 5.32 Å².